The van der Waals surface area contributed by atoms with Gasteiger partial charge in [-0.25, -0.2) is 9.59 Å². The Morgan fingerprint density at radius 1 is 1.28 bits per heavy atom. The van der Waals surface area contributed by atoms with Gasteiger partial charge in [0.1, 0.15) is 12.1 Å². The quantitative estimate of drug-likeness (QED) is 0.490. The molecule has 10 nitrogen and oxygen atoms in total. The van der Waals surface area contributed by atoms with Gasteiger partial charge in [0.2, 0.25) is 5.91 Å². The number of fused-ring (bicyclic) bond motifs is 1. The first-order valence-electron chi connectivity index (χ1n) is 9.08. The van der Waals surface area contributed by atoms with E-state index in [1.54, 1.807) is 25.1 Å². The third kappa shape index (κ3) is 4.15. The molecule has 1 fully saturated rings. The van der Waals surface area contributed by atoms with Crippen LogP contribution in [-0.2, 0) is 15.1 Å². The second-order valence-electron chi connectivity index (χ2n) is 6.71. The molecule has 1 saturated heterocycles. The van der Waals surface area contributed by atoms with Crippen LogP contribution in [0.2, 0.25) is 0 Å². The van der Waals surface area contributed by atoms with Gasteiger partial charge in [-0.15, -0.1) is 6.58 Å². The molecule has 1 aromatic carbocycles. The van der Waals surface area contributed by atoms with E-state index in [9.17, 15) is 19.2 Å². The molecule has 10 heteroatoms. The Kier molecular flexibility index (Phi) is 5.71. The summed E-state index contributed by atoms with van der Waals surface area (Å²) in [5, 5.41) is 7.03. The van der Waals surface area contributed by atoms with Crippen LogP contribution in [0.1, 0.15) is 18.9 Å². The number of ether oxygens (including phenoxy) is 2. The van der Waals surface area contributed by atoms with Gasteiger partial charge in [-0.05, 0) is 24.6 Å². The number of urea groups is 2. The topological polar surface area (TPSA) is 126 Å². The summed E-state index contributed by atoms with van der Waals surface area (Å²) in [4.78, 5) is 49.6. The number of carbonyl (C=O) groups excluding carboxylic acids is 4. The van der Waals surface area contributed by atoms with Crippen LogP contribution in [0.3, 0.4) is 0 Å². The predicted molar refractivity (Wildman–Crippen MR) is 101 cm³/mol. The van der Waals surface area contributed by atoms with Crippen LogP contribution in [0.5, 0.6) is 11.5 Å². The lowest BCUT2D eigenvalue weighted by Crippen LogP contribution is -2.46. The Hall–Kier alpha value is -3.56. The second kappa shape index (κ2) is 8.21. The molecule has 1 aromatic rings. The summed E-state index contributed by atoms with van der Waals surface area (Å²) < 4.78 is 11.2. The van der Waals surface area contributed by atoms with Gasteiger partial charge in [-0.1, -0.05) is 12.1 Å². The Morgan fingerprint density at radius 2 is 2.00 bits per heavy atom. The molecule has 154 valence electrons. The van der Waals surface area contributed by atoms with E-state index in [1.165, 1.54) is 6.08 Å². The number of benzene rings is 1. The van der Waals surface area contributed by atoms with Gasteiger partial charge in [0.25, 0.3) is 5.91 Å². The highest BCUT2D eigenvalue weighted by Crippen LogP contribution is 2.36. The number of amides is 6. The maximum absolute atomic E-state index is 12.9. The first-order chi connectivity index (χ1) is 13.8. The van der Waals surface area contributed by atoms with Crippen molar-refractivity contribution in [1.82, 2.24) is 20.9 Å². The summed E-state index contributed by atoms with van der Waals surface area (Å²) in [6.07, 6.45) is 2.18. The summed E-state index contributed by atoms with van der Waals surface area (Å²) >= 11 is 0. The standard InChI is InChI=1S/C19H22N4O6/c1-3-7-20-17(26)21-15(24)11-23-16(25)19(2,22-18(23)27)12-5-6-13-14(10-12)29-9-4-8-28-13/h3,5-6,10H,1,4,7-9,11H2,2H3,(H,22,27)(H2,20,21,24,26)/t19-/m1/s1. The van der Waals surface area contributed by atoms with Gasteiger partial charge in [0, 0.05) is 13.0 Å². The van der Waals surface area contributed by atoms with Crippen LogP contribution >= 0.6 is 0 Å². The molecule has 2 heterocycles. The Labute approximate surface area is 167 Å². The van der Waals surface area contributed by atoms with Gasteiger partial charge < -0.3 is 20.1 Å². The van der Waals surface area contributed by atoms with E-state index >= 15 is 0 Å². The fraction of sp³-hybridized carbons (Fsp3) is 0.368. The Bertz CT molecular complexity index is 870. The van der Waals surface area contributed by atoms with Crippen molar-refractivity contribution in [2.75, 3.05) is 26.3 Å². The molecule has 1 atom stereocenters. The zero-order valence-electron chi connectivity index (χ0n) is 15.9. The molecule has 0 bridgehead atoms. The first-order valence-corrected chi connectivity index (χ1v) is 9.08. The average molecular weight is 402 g/mol. The van der Waals surface area contributed by atoms with E-state index < -0.39 is 36.0 Å². The van der Waals surface area contributed by atoms with Gasteiger partial charge >= 0.3 is 12.1 Å². The van der Waals surface area contributed by atoms with Crippen molar-refractivity contribution in [3.8, 4) is 11.5 Å². The molecule has 0 aliphatic carbocycles. The van der Waals surface area contributed by atoms with E-state index in [0.717, 1.165) is 11.3 Å². The minimum Gasteiger partial charge on any atom is -0.490 e. The molecule has 0 unspecified atom stereocenters. The molecular formula is C19H22N4O6. The SMILES string of the molecule is C=CCNC(=O)NC(=O)CN1C(=O)N[C@](C)(c2ccc3c(c2)OCCCO3)C1=O. The molecule has 0 saturated carbocycles. The van der Waals surface area contributed by atoms with Gasteiger partial charge in [-0.3, -0.25) is 19.8 Å². The van der Waals surface area contributed by atoms with Crippen molar-refractivity contribution in [3.05, 3.63) is 36.4 Å². The number of imide groups is 2. The maximum atomic E-state index is 12.9. The lowest BCUT2D eigenvalue weighted by Gasteiger charge is -2.23. The van der Waals surface area contributed by atoms with Crippen LogP contribution < -0.4 is 25.4 Å². The number of hydrogen-bond donors (Lipinski definition) is 3. The normalized spacial score (nSPS) is 20.5. The highest BCUT2D eigenvalue weighted by molar-refractivity contribution is 6.10. The minimum absolute atomic E-state index is 0.171. The van der Waals surface area contributed by atoms with Crippen LogP contribution in [-0.4, -0.2) is 55.1 Å². The zero-order valence-corrected chi connectivity index (χ0v) is 15.9. The van der Waals surface area contributed by atoms with Gasteiger partial charge in [0.05, 0.1) is 13.2 Å². The Morgan fingerprint density at radius 3 is 2.72 bits per heavy atom. The monoisotopic (exact) mass is 402 g/mol. The molecule has 3 N–H and O–H groups in total. The molecule has 3 rings (SSSR count). The van der Waals surface area contributed by atoms with Crippen LogP contribution in [0.25, 0.3) is 0 Å². The van der Waals surface area contributed by atoms with Crippen molar-refractivity contribution in [1.29, 1.82) is 0 Å². The second-order valence-corrected chi connectivity index (χ2v) is 6.71. The van der Waals surface area contributed by atoms with Crippen molar-refractivity contribution < 1.29 is 28.7 Å². The number of rotatable bonds is 5. The fourth-order valence-electron chi connectivity index (χ4n) is 3.03. The van der Waals surface area contributed by atoms with E-state index in [-0.39, 0.29) is 6.54 Å². The first kappa shape index (κ1) is 20.2. The van der Waals surface area contributed by atoms with Crippen molar-refractivity contribution in [2.24, 2.45) is 0 Å². The van der Waals surface area contributed by atoms with Gasteiger partial charge in [-0.2, -0.15) is 0 Å². The minimum atomic E-state index is -1.38. The number of nitrogens with zero attached hydrogens (tertiary/aromatic N) is 1. The van der Waals surface area contributed by atoms with E-state index in [0.29, 0.717) is 30.3 Å². The average Bonchev–Trinajstić information content (AvgIpc) is 2.86. The third-order valence-electron chi connectivity index (χ3n) is 4.56. The van der Waals surface area contributed by atoms with E-state index in [2.05, 4.69) is 22.5 Å². The summed E-state index contributed by atoms with van der Waals surface area (Å²) in [5.41, 5.74) is -0.889. The van der Waals surface area contributed by atoms with Crippen LogP contribution in [0.15, 0.2) is 30.9 Å². The summed E-state index contributed by atoms with van der Waals surface area (Å²) in [5.74, 6) is -0.358. The third-order valence-corrected chi connectivity index (χ3v) is 4.56. The lowest BCUT2D eigenvalue weighted by atomic mass is 9.91. The number of hydrogen-bond acceptors (Lipinski definition) is 6. The largest absolute Gasteiger partial charge is 0.490 e. The molecule has 2 aliphatic rings. The number of carbonyl (C=O) groups is 4. The number of nitrogens with one attached hydrogen (secondary N) is 3. The van der Waals surface area contributed by atoms with E-state index in [4.69, 9.17) is 9.47 Å². The molecule has 2 aliphatic heterocycles. The maximum Gasteiger partial charge on any atom is 0.325 e. The van der Waals surface area contributed by atoms with Crippen LogP contribution in [0, 0.1) is 0 Å². The van der Waals surface area contributed by atoms with Crippen molar-refractivity contribution in [2.45, 2.75) is 18.9 Å². The van der Waals surface area contributed by atoms with Crippen LogP contribution in [0.4, 0.5) is 9.59 Å². The van der Waals surface area contributed by atoms with E-state index in [1.807, 2.05) is 0 Å². The summed E-state index contributed by atoms with van der Waals surface area (Å²) in [7, 11) is 0. The summed E-state index contributed by atoms with van der Waals surface area (Å²) in [6.45, 7) is 5.57. The predicted octanol–water partition coefficient (Wildman–Crippen LogP) is 0.627. The molecule has 0 radical (unpaired) electrons. The molecule has 6 amide bonds. The van der Waals surface area contributed by atoms with Gasteiger partial charge in [0.15, 0.2) is 11.5 Å². The molecule has 0 aromatic heterocycles. The fourth-order valence-corrected chi connectivity index (χ4v) is 3.03. The molecular weight excluding hydrogens is 380 g/mol. The smallest absolute Gasteiger partial charge is 0.325 e. The highest BCUT2D eigenvalue weighted by Gasteiger charge is 2.49. The molecule has 0 spiro atoms. The highest BCUT2D eigenvalue weighted by atomic mass is 16.5. The lowest BCUT2D eigenvalue weighted by molar-refractivity contribution is -0.134. The summed E-state index contributed by atoms with van der Waals surface area (Å²) in [6, 6.07) is 3.52. The van der Waals surface area contributed by atoms with Crippen molar-refractivity contribution >= 4 is 23.9 Å². The van der Waals surface area contributed by atoms with Crippen molar-refractivity contribution in [3.63, 3.8) is 0 Å². The molecule has 29 heavy (non-hydrogen) atoms. The Balaban J connectivity index is 1.74. The zero-order chi connectivity index (χ0) is 21.0.